The van der Waals surface area contributed by atoms with Crippen LogP contribution in [0.1, 0.15) is 31.7 Å². The number of nitrogens with zero attached hydrogens (tertiary/aromatic N) is 4. The third-order valence-electron chi connectivity index (χ3n) is 6.87. The zero-order valence-electron chi connectivity index (χ0n) is 15.9. The average molecular weight is 367 g/mol. The predicted molar refractivity (Wildman–Crippen MR) is 106 cm³/mol. The molecule has 2 amide bonds. The van der Waals surface area contributed by atoms with Crippen LogP contribution in [0.3, 0.4) is 0 Å². The summed E-state index contributed by atoms with van der Waals surface area (Å²) in [7, 11) is 0. The van der Waals surface area contributed by atoms with E-state index in [0.717, 1.165) is 56.0 Å². The number of aromatic nitrogens is 2. The smallest absolute Gasteiger partial charge is 0.317 e. The van der Waals surface area contributed by atoms with Gasteiger partial charge in [-0.05, 0) is 62.7 Å². The molecule has 0 spiro atoms. The Labute approximate surface area is 160 Å². The Hall–Kier alpha value is -2.08. The predicted octanol–water partition coefficient (Wildman–Crippen LogP) is 2.72. The quantitative estimate of drug-likeness (QED) is 0.908. The topological polar surface area (TPSA) is 53.4 Å². The molecule has 2 atom stereocenters. The molecule has 6 heteroatoms. The summed E-state index contributed by atoms with van der Waals surface area (Å²) >= 11 is 0. The van der Waals surface area contributed by atoms with Crippen LogP contribution in [0, 0.1) is 11.8 Å². The molecule has 0 radical (unpaired) electrons. The number of imidazole rings is 1. The van der Waals surface area contributed by atoms with E-state index in [0.29, 0.717) is 12.0 Å². The maximum absolute atomic E-state index is 12.8. The number of piperidine rings is 4. The van der Waals surface area contributed by atoms with Crippen molar-refractivity contribution in [2.24, 2.45) is 11.8 Å². The molecule has 6 rings (SSSR count). The molecule has 4 aliphatic rings. The van der Waals surface area contributed by atoms with Crippen molar-refractivity contribution >= 4 is 17.1 Å². The summed E-state index contributed by atoms with van der Waals surface area (Å²) in [6, 6.07) is 8.67. The van der Waals surface area contributed by atoms with Crippen LogP contribution in [0.4, 0.5) is 4.79 Å². The van der Waals surface area contributed by atoms with Crippen LogP contribution in [-0.4, -0.2) is 64.7 Å². The maximum Gasteiger partial charge on any atom is 0.317 e. The number of carbonyl (C=O) groups excluding carboxylic acids is 1. The lowest BCUT2D eigenvalue weighted by atomic mass is 9.79. The van der Waals surface area contributed by atoms with E-state index in [1.165, 1.54) is 25.9 Å². The zero-order valence-corrected chi connectivity index (χ0v) is 15.9. The van der Waals surface area contributed by atoms with Crippen LogP contribution in [0.2, 0.25) is 0 Å². The van der Waals surface area contributed by atoms with Gasteiger partial charge in [0.25, 0.3) is 0 Å². The van der Waals surface area contributed by atoms with Crippen LogP contribution >= 0.6 is 0 Å². The molecule has 0 saturated carbocycles. The minimum Gasteiger partial charge on any atom is -0.338 e. The monoisotopic (exact) mass is 367 g/mol. The number of para-hydroxylation sites is 2. The van der Waals surface area contributed by atoms with Gasteiger partial charge >= 0.3 is 6.03 Å². The Morgan fingerprint density at radius 1 is 1.11 bits per heavy atom. The number of nitrogens with one attached hydrogen (secondary N) is 1. The van der Waals surface area contributed by atoms with Crippen molar-refractivity contribution in [1.29, 1.82) is 0 Å². The van der Waals surface area contributed by atoms with Crippen LogP contribution in [0.15, 0.2) is 30.6 Å². The van der Waals surface area contributed by atoms with Gasteiger partial charge < -0.3 is 19.7 Å². The average Bonchev–Trinajstić information content (AvgIpc) is 3.17. The molecule has 0 aliphatic carbocycles. The zero-order chi connectivity index (χ0) is 18.2. The Morgan fingerprint density at radius 3 is 2.78 bits per heavy atom. The summed E-state index contributed by atoms with van der Waals surface area (Å²) in [4.78, 5) is 21.9. The SMILES string of the molecule is O=C(NCC1CN2CCC1CC2)N1CCCC(n2cnc3ccccc32)C1. The van der Waals surface area contributed by atoms with E-state index in [2.05, 4.69) is 31.9 Å². The number of amides is 2. The molecule has 4 aliphatic heterocycles. The number of urea groups is 1. The molecule has 144 valence electrons. The van der Waals surface area contributed by atoms with Gasteiger partial charge in [0.2, 0.25) is 0 Å². The summed E-state index contributed by atoms with van der Waals surface area (Å²) in [5.74, 6) is 1.44. The van der Waals surface area contributed by atoms with Crippen LogP contribution in [0.5, 0.6) is 0 Å². The van der Waals surface area contributed by atoms with Gasteiger partial charge in [0.15, 0.2) is 0 Å². The van der Waals surface area contributed by atoms with E-state index < -0.39 is 0 Å². The van der Waals surface area contributed by atoms with E-state index in [1.54, 1.807) is 0 Å². The first-order chi connectivity index (χ1) is 13.3. The van der Waals surface area contributed by atoms with Gasteiger partial charge in [-0.15, -0.1) is 0 Å². The Morgan fingerprint density at radius 2 is 1.96 bits per heavy atom. The lowest BCUT2D eigenvalue weighted by Gasteiger charge is -2.45. The van der Waals surface area contributed by atoms with Gasteiger partial charge in [0, 0.05) is 26.2 Å². The van der Waals surface area contributed by atoms with E-state index in [4.69, 9.17) is 0 Å². The number of carbonyl (C=O) groups is 1. The molecule has 1 aromatic heterocycles. The highest BCUT2D eigenvalue weighted by molar-refractivity contribution is 5.76. The second kappa shape index (κ2) is 7.15. The normalized spacial score (nSPS) is 30.6. The number of hydrogen-bond acceptors (Lipinski definition) is 3. The molecule has 4 fully saturated rings. The number of rotatable bonds is 3. The number of benzene rings is 1. The first kappa shape index (κ1) is 17.0. The Bertz CT molecular complexity index is 810. The first-order valence-electron chi connectivity index (χ1n) is 10.4. The van der Waals surface area contributed by atoms with Gasteiger partial charge in [0.1, 0.15) is 0 Å². The molecule has 2 unspecified atom stereocenters. The third-order valence-corrected chi connectivity index (χ3v) is 6.87. The molecule has 5 heterocycles. The van der Waals surface area contributed by atoms with Crippen molar-refractivity contribution in [3.8, 4) is 0 Å². The molecular formula is C21H29N5O. The highest BCUT2D eigenvalue weighted by Crippen LogP contribution is 2.32. The first-order valence-corrected chi connectivity index (χ1v) is 10.4. The highest BCUT2D eigenvalue weighted by Gasteiger charge is 2.34. The molecule has 27 heavy (non-hydrogen) atoms. The van der Waals surface area contributed by atoms with Crippen molar-refractivity contribution in [2.75, 3.05) is 39.3 Å². The van der Waals surface area contributed by atoms with Crippen LogP contribution in [0.25, 0.3) is 11.0 Å². The van der Waals surface area contributed by atoms with Crippen molar-refractivity contribution in [1.82, 2.24) is 24.7 Å². The fourth-order valence-electron chi connectivity index (χ4n) is 5.28. The van der Waals surface area contributed by atoms with E-state index in [1.807, 2.05) is 23.4 Å². The standard InChI is InChI=1S/C21H29N5O/c27-21(22-12-17-13-24-10-7-16(17)8-11-24)25-9-3-4-18(14-25)26-15-23-19-5-1-2-6-20(19)26/h1-2,5-6,15-18H,3-4,7-14H2,(H,22,27). The molecule has 6 nitrogen and oxygen atoms in total. The van der Waals surface area contributed by atoms with Gasteiger partial charge in [-0.2, -0.15) is 0 Å². The van der Waals surface area contributed by atoms with Crippen LogP contribution in [-0.2, 0) is 0 Å². The molecule has 1 N–H and O–H groups in total. The molecule has 4 saturated heterocycles. The summed E-state index contributed by atoms with van der Waals surface area (Å²) < 4.78 is 2.25. The maximum atomic E-state index is 12.8. The molecular weight excluding hydrogens is 338 g/mol. The minimum absolute atomic E-state index is 0.112. The van der Waals surface area contributed by atoms with Crippen molar-refractivity contribution < 1.29 is 4.79 Å². The van der Waals surface area contributed by atoms with Crippen molar-refractivity contribution in [3.63, 3.8) is 0 Å². The minimum atomic E-state index is 0.112. The summed E-state index contributed by atoms with van der Waals surface area (Å²) in [5, 5.41) is 3.25. The number of likely N-dealkylation sites (tertiary alicyclic amines) is 1. The fourth-order valence-corrected chi connectivity index (χ4v) is 5.28. The summed E-state index contributed by atoms with van der Waals surface area (Å²) in [5.41, 5.74) is 2.19. The molecule has 1 aromatic carbocycles. The Kier molecular flexibility index (Phi) is 4.52. The molecule has 2 aromatic rings. The second-order valence-electron chi connectivity index (χ2n) is 8.47. The highest BCUT2D eigenvalue weighted by atomic mass is 16.2. The van der Waals surface area contributed by atoms with Gasteiger partial charge in [-0.1, -0.05) is 12.1 Å². The van der Waals surface area contributed by atoms with Crippen molar-refractivity contribution in [3.05, 3.63) is 30.6 Å². The molecule has 2 bridgehead atoms. The van der Waals surface area contributed by atoms with Gasteiger partial charge in [0.05, 0.1) is 23.4 Å². The van der Waals surface area contributed by atoms with E-state index >= 15 is 0 Å². The van der Waals surface area contributed by atoms with Gasteiger partial charge in [-0.3, -0.25) is 0 Å². The largest absolute Gasteiger partial charge is 0.338 e. The van der Waals surface area contributed by atoms with Crippen LogP contribution < -0.4 is 5.32 Å². The van der Waals surface area contributed by atoms with Crippen molar-refractivity contribution in [2.45, 2.75) is 31.7 Å². The van der Waals surface area contributed by atoms with E-state index in [9.17, 15) is 4.79 Å². The number of fused-ring (bicyclic) bond motifs is 4. The summed E-state index contributed by atoms with van der Waals surface area (Å²) in [6.07, 6.45) is 6.69. The van der Waals surface area contributed by atoms with E-state index in [-0.39, 0.29) is 6.03 Å². The van der Waals surface area contributed by atoms with Gasteiger partial charge in [-0.25, -0.2) is 9.78 Å². The second-order valence-corrected chi connectivity index (χ2v) is 8.47. The summed E-state index contributed by atoms with van der Waals surface area (Å²) in [6.45, 7) is 6.12. The fraction of sp³-hybridized carbons (Fsp3) is 0.619. The lowest BCUT2D eigenvalue weighted by Crippen LogP contribution is -2.53. The number of hydrogen-bond donors (Lipinski definition) is 1. The third kappa shape index (κ3) is 3.31. The Balaban J connectivity index is 1.21. The lowest BCUT2D eigenvalue weighted by molar-refractivity contribution is 0.0511.